The summed E-state index contributed by atoms with van der Waals surface area (Å²) < 4.78 is 26.5. The van der Waals surface area contributed by atoms with Gasteiger partial charge in [0.25, 0.3) is 0 Å². The van der Waals surface area contributed by atoms with Crippen LogP contribution >= 0.6 is 0 Å². The average Bonchev–Trinajstić information content (AvgIpc) is 2.61. The summed E-state index contributed by atoms with van der Waals surface area (Å²) in [6.45, 7) is 3.88. The fraction of sp³-hybridized carbons (Fsp3) is 0.316. The van der Waals surface area contributed by atoms with Gasteiger partial charge >= 0.3 is 0 Å². The highest BCUT2D eigenvalue weighted by Gasteiger charge is 2.22. The van der Waals surface area contributed by atoms with Gasteiger partial charge < -0.3 is 9.80 Å². The number of likely N-dealkylation sites (N-methyl/N-ethyl adjacent to an activating group) is 1. The van der Waals surface area contributed by atoms with E-state index in [1.165, 1.54) is 17.2 Å². The monoisotopic (exact) mass is 330 g/mol. The van der Waals surface area contributed by atoms with Crippen molar-refractivity contribution < 1.29 is 13.6 Å². The second kappa shape index (κ2) is 6.99. The van der Waals surface area contributed by atoms with Crippen LogP contribution in [0.5, 0.6) is 0 Å². The van der Waals surface area contributed by atoms with Gasteiger partial charge in [-0.2, -0.15) is 0 Å². The van der Waals surface area contributed by atoms with Gasteiger partial charge in [0.2, 0.25) is 5.91 Å². The van der Waals surface area contributed by atoms with E-state index in [4.69, 9.17) is 0 Å². The van der Waals surface area contributed by atoms with Crippen molar-refractivity contribution in [2.45, 2.75) is 19.9 Å². The number of hydrogen-bond donors (Lipinski definition) is 0. The van der Waals surface area contributed by atoms with E-state index in [2.05, 4.69) is 6.07 Å². The van der Waals surface area contributed by atoms with Crippen molar-refractivity contribution in [3.63, 3.8) is 0 Å². The SMILES string of the molecule is CCN(CC(=O)N1CCc2ccccc2C1)c1ccc(F)c(F)c1. The van der Waals surface area contributed by atoms with Gasteiger partial charge in [-0.05, 0) is 36.6 Å². The molecule has 1 aliphatic heterocycles. The van der Waals surface area contributed by atoms with E-state index in [0.717, 1.165) is 18.6 Å². The van der Waals surface area contributed by atoms with Crippen molar-refractivity contribution in [3.8, 4) is 0 Å². The number of fused-ring (bicyclic) bond motifs is 1. The van der Waals surface area contributed by atoms with Crippen LogP contribution in [0.25, 0.3) is 0 Å². The van der Waals surface area contributed by atoms with Crippen molar-refractivity contribution >= 4 is 11.6 Å². The summed E-state index contributed by atoms with van der Waals surface area (Å²) in [5.41, 5.74) is 2.98. The van der Waals surface area contributed by atoms with E-state index in [9.17, 15) is 13.6 Å². The van der Waals surface area contributed by atoms with Crippen molar-refractivity contribution in [1.29, 1.82) is 0 Å². The molecule has 0 fully saturated rings. The van der Waals surface area contributed by atoms with Crippen LogP contribution in [0.15, 0.2) is 42.5 Å². The number of amides is 1. The van der Waals surface area contributed by atoms with Crippen molar-refractivity contribution in [2.24, 2.45) is 0 Å². The topological polar surface area (TPSA) is 23.6 Å². The Morgan fingerprint density at radius 2 is 1.88 bits per heavy atom. The van der Waals surface area contributed by atoms with Gasteiger partial charge in [-0.25, -0.2) is 8.78 Å². The van der Waals surface area contributed by atoms with E-state index in [-0.39, 0.29) is 12.5 Å². The zero-order valence-electron chi connectivity index (χ0n) is 13.6. The van der Waals surface area contributed by atoms with Crippen LogP contribution in [0.2, 0.25) is 0 Å². The molecule has 24 heavy (non-hydrogen) atoms. The predicted octanol–water partition coefficient (Wildman–Crippen LogP) is 3.38. The van der Waals surface area contributed by atoms with Gasteiger partial charge in [-0.3, -0.25) is 4.79 Å². The Labute approximate surface area is 140 Å². The first kappa shape index (κ1) is 16.4. The van der Waals surface area contributed by atoms with E-state index < -0.39 is 11.6 Å². The van der Waals surface area contributed by atoms with Gasteiger partial charge in [-0.15, -0.1) is 0 Å². The van der Waals surface area contributed by atoms with Crippen LogP contribution in [-0.2, 0) is 17.8 Å². The summed E-state index contributed by atoms with van der Waals surface area (Å²) in [6.07, 6.45) is 0.846. The lowest BCUT2D eigenvalue weighted by Crippen LogP contribution is -2.42. The quantitative estimate of drug-likeness (QED) is 0.858. The molecule has 5 heteroatoms. The molecule has 3 rings (SSSR count). The molecule has 0 radical (unpaired) electrons. The fourth-order valence-electron chi connectivity index (χ4n) is 3.04. The van der Waals surface area contributed by atoms with E-state index in [1.54, 1.807) is 4.90 Å². The zero-order chi connectivity index (χ0) is 17.1. The summed E-state index contributed by atoms with van der Waals surface area (Å²) in [7, 11) is 0. The molecule has 3 nitrogen and oxygen atoms in total. The molecule has 2 aromatic rings. The maximum Gasteiger partial charge on any atom is 0.242 e. The third-order valence-corrected chi connectivity index (χ3v) is 4.46. The third kappa shape index (κ3) is 3.40. The second-order valence-electron chi connectivity index (χ2n) is 5.95. The number of hydrogen-bond acceptors (Lipinski definition) is 2. The first-order valence-electron chi connectivity index (χ1n) is 8.13. The Balaban J connectivity index is 1.70. The van der Waals surface area contributed by atoms with Crippen LogP contribution in [-0.4, -0.2) is 30.4 Å². The number of benzene rings is 2. The number of anilines is 1. The normalized spacial score (nSPS) is 13.5. The van der Waals surface area contributed by atoms with Crippen LogP contribution < -0.4 is 4.90 Å². The smallest absolute Gasteiger partial charge is 0.242 e. The van der Waals surface area contributed by atoms with Gasteiger partial charge in [-0.1, -0.05) is 24.3 Å². The largest absolute Gasteiger partial charge is 0.362 e. The Bertz CT molecular complexity index is 748. The third-order valence-electron chi connectivity index (χ3n) is 4.46. The van der Waals surface area contributed by atoms with Crippen LogP contribution in [0.4, 0.5) is 14.5 Å². The molecule has 0 spiro atoms. The molecular formula is C19H20F2N2O. The van der Waals surface area contributed by atoms with Gasteiger partial charge in [0.15, 0.2) is 11.6 Å². The van der Waals surface area contributed by atoms with E-state index in [1.807, 2.05) is 30.0 Å². The minimum atomic E-state index is -0.898. The molecule has 1 amide bonds. The lowest BCUT2D eigenvalue weighted by atomic mass is 10.00. The first-order chi connectivity index (χ1) is 11.6. The molecule has 0 saturated carbocycles. The van der Waals surface area contributed by atoms with Gasteiger partial charge in [0, 0.05) is 31.4 Å². The average molecular weight is 330 g/mol. The van der Waals surface area contributed by atoms with Crippen LogP contribution in [0, 0.1) is 11.6 Å². The second-order valence-corrected chi connectivity index (χ2v) is 5.95. The molecule has 0 saturated heterocycles. The number of carbonyl (C=O) groups is 1. The zero-order valence-corrected chi connectivity index (χ0v) is 13.6. The van der Waals surface area contributed by atoms with Gasteiger partial charge in [0.1, 0.15) is 0 Å². The highest BCUT2D eigenvalue weighted by molar-refractivity contribution is 5.81. The maximum atomic E-state index is 13.4. The molecule has 0 aliphatic carbocycles. The fourth-order valence-corrected chi connectivity index (χ4v) is 3.04. The van der Waals surface area contributed by atoms with Crippen molar-refractivity contribution in [1.82, 2.24) is 4.90 Å². The molecule has 126 valence electrons. The summed E-state index contributed by atoms with van der Waals surface area (Å²) in [4.78, 5) is 16.2. The molecule has 0 atom stereocenters. The summed E-state index contributed by atoms with van der Waals surface area (Å²) >= 11 is 0. The predicted molar refractivity (Wildman–Crippen MR) is 89.8 cm³/mol. The molecule has 1 heterocycles. The van der Waals surface area contributed by atoms with Gasteiger partial charge in [0.05, 0.1) is 6.54 Å². The van der Waals surface area contributed by atoms with Crippen LogP contribution in [0.1, 0.15) is 18.1 Å². The van der Waals surface area contributed by atoms with E-state index in [0.29, 0.717) is 25.3 Å². The Kier molecular flexibility index (Phi) is 4.79. The minimum absolute atomic E-state index is 0.00362. The number of halogens is 2. The molecule has 2 aromatic carbocycles. The maximum absolute atomic E-state index is 13.4. The lowest BCUT2D eigenvalue weighted by molar-refractivity contribution is -0.130. The minimum Gasteiger partial charge on any atom is -0.362 e. The van der Waals surface area contributed by atoms with Crippen molar-refractivity contribution in [3.05, 3.63) is 65.2 Å². The summed E-state index contributed by atoms with van der Waals surface area (Å²) in [5.74, 6) is -1.78. The number of carbonyl (C=O) groups excluding carboxylic acids is 1. The summed E-state index contributed by atoms with van der Waals surface area (Å²) in [5, 5.41) is 0. The Morgan fingerprint density at radius 3 is 2.58 bits per heavy atom. The molecule has 0 bridgehead atoms. The molecule has 0 unspecified atom stereocenters. The standard InChI is InChI=1S/C19H20F2N2O/c1-2-22(16-7-8-17(20)18(21)11-16)13-19(24)23-10-9-14-5-3-4-6-15(14)12-23/h3-8,11H,2,9-10,12-13H2,1H3. The van der Waals surface area contributed by atoms with E-state index >= 15 is 0 Å². The lowest BCUT2D eigenvalue weighted by Gasteiger charge is -2.31. The first-order valence-corrected chi connectivity index (χ1v) is 8.13. The molecular weight excluding hydrogens is 310 g/mol. The van der Waals surface area contributed by atoms with Crippen molar-refractivity contribution in [2.75, 3.05) is 24.5 Å². The molecule has 0 aromatic heterocycles. The Hall–Kier alpha value is -2.43. The highest BCUT2D eigenvalue weighted by atomic mass is 19.2. The van der Waals surface area contributed by atoms with Crippen LogP contribution in [0.3, 0.4) is 0 Å². The number of rotatable bonds is 4. The molecule has 1 aliphatic rings. The number of nitrogens with zero attached hydrogens (tertiary/aromatic N) is 2. The summed E-state index contributed by atoms with van der Waals surface area (Å²) in [6, 6.07) is 11.9. The molecule has 0 N–H and O–H groups in total. The highest BCUT2D eigenvalue weighted by Crippen LogP contribution is 2.21. The Morgan fingerprint density at radius 1 is 1.12 bits per heavy atom.